The number of hydrogen-bond donors (Lipinski definition) is 8. The smallest absolute Gasteiger partial charge is 0.201 e. The van der Waals surface area contributed by atoms with Gasteiger partial charge in [0.2, 0.25) is 5.78 Å². The van der Waals surface area contributed by atoms with Crippen molar-refractivity contribution >= 4 is 28.9 Å². The van der Waals surface area contributed by atoms with Gasteiger partial charge in [-0.25, -0.2) is 0 Å². The van der Waals surface area contributed by atoms with E-state index in [9.17, 15) is 41.3 Å². The molecule has 4 fully saturated rings. The van der Waals surface area contributed by atoms with Crippen LogP contribution in [0.25, 0.3) is 5.53 Å². The third-order valence-electron chi connectivity index (χ3n) is 22.1. The van der Waals surface area contributed by atoms with E-state index < -0.39 is 254 Å². The number of phenolic OH excluding ortho intramolecular Hbond substituents is 4. The number of methoxy groups -OCH3 is 4. The largest absolute Gasteiger partial charge is 0.511 e. The molecule has 0 amide bonds. The molecule has 23 atom stereocenters. The van der Waals surface area contributed by atoms with Crippen molar-refractivity contribution in [1.82, 2.24) is 9.80 Å². The van der Waals surface area contributed by atoms with Crippen LogP contribution in [-0.2, 0) is 61.6 Å². The third-order valence-corrected chi connectivity index (χ3v) is 22.1. The molecular formula is C70H88N4O24. The lowest BCUT2D eigenvalue weighted by atomic mass is 9.55. The van der Waals surface area contributed by atoms with Gasteiger partial charge in [-0.15, -0.1) is 0 Å². The van der Waals surface area contributed by atoms with Gasteiger partial charge in [0.05, 0.1) is 101 Å². The SMILES string of the molecule is CCC1(OC2CC(OC)C(OC)C(C)O2)C(OC2CC(O)C(N(C)C)C(C)O2)C2=C(C(=O)C1C1C(O)=C3C(=CC4=C3C(=O)c3c(O)ccc(O)c3C4=O)C(OC3CC(O)C(N(C)C)C(C)O3)C1(CC)OC1CC(OC)C(OC)C(C)O1)C1=C(C(=O)c3c(O)ccc(O)c3C1=O)C2[NH+]=[N-]. The highest BCUT2D eigenvalue weighted by atomic mass is 16.7. The van der Waals surface area contributed by atoms with Crippen LogP contribution in [0.5, 0.6) is 23.0 Å². The topological polar surface area (TPSA) is 380 Å². The fourth-order valence-corrected chi connectivity index (χ4v) is 17.9. The molecule has 4 aliphatic heterocycles. The number of likely N-dealkylation sites (N-methyl/N-ethyl adjacent to an activating group) is 2. The van der Waals surface area contributed by atoms with Crippen LogP contribution in [0, 0.1) is 11.8 Å². The van der Waals surface area contributed by atoms with E-state index in [1.807, 2.05) is 0 Å². The first-order valence-corrected chi connectivity index (χ1v) is 33.2. The molecule has 0 radical (unpaired) electrons. The molecule has 4 saturated heterocycles. The third kappa shape index (κ3) is 10.9. The van der Waals surface area contributed by atoms with Gasteiger partial charge in [0.1, 0.15) is 64.4 Å². The number of rotatable bonds is 18. The second-order valence-corrected chi connectivity index (χ2v) is 27.6. The molecule has 2 aromatic rings. The molecule has 0 saturated carbocycles. The molecule has 0 aromatic heterocycles. The number of ether oxygens (including phenoxy) is 12. The van der Waals surface area contributed by atoms with E-state index >= 15 is 24.0 Å². The van der Waals surface area contributed by atoms with Gasteiger partial charge in [0.15, 0.2) is 54.3 Å². The van der Waals surface area contributed by atoms with Crippen LogP contribution < -0.4 is 5.11 Å². The summed E-state index contributed by atoms with van der Waals surface area (Å²) in [4.78, 5) is 84.0. The Bertz CT molecular complexity index is 3760. The Morgan fingerprint density at radius 2 is 0.949 bits per heavy atom. The van der Waals surface area contributed by atoms with Crippen molar-refractivity contribution in [2.75, 3.05) is 56.6 Å². The molecule has 10 aliphatic rings. The second-order valence-electron chi connectivity index (χ2n) is 27.6. The highest BCUT2D eigenvalue weighted by molar-refractivity contribution is 6.35. The molecule has 12 rings (SSSR count). The zero-order chi connectivity index (χ0) is 71.0. The molecule has 532 valence electrons. The Kier molecular flexibility index (Phi) is 19.5. The van der Waals surface area contributed by atoms with E-state index in [-0.39, 0.29) is 48.8 Å². The summed E-state index contributed by atoms with van der Waals surface area (Å²) in [6, 6.07) is 0.956. The van der Waals surface area contributed by atoms with Gasteiger partial charge in [0, 0.05) is 87.6 Å². The molecule has 8 N–H and O–H groups in total. The average molecular weight is 1370 g/mol. The van der Waals surface area contributed by atoms with E-state index in [0.29, 0.717) is 0 Å². The van der Waals surface area contributed by atoms with Gasteiger partial charge in [-0.05, 0) is 105 Å². The standard InChI is InChI=1S/C70H88N4O24/c1-15-69(97-42-24-38(87-11)65(89-13)28(5)93-42)54(63(85)45-31(67(69)95-40-22-36(79)57(73(7)8)26(3)91-40)21-30-44(45)60(82)47-33(76)18-17-32(75)46(47)59(30)81)55-64(86)51-50-52(62(84)49-35(78)20-19-34(77)48(49)61(50)83)56(72-71)53(51)68(96-41-23-37(80)58(74(9)10)27(4)92-41)70(55,16-2)98-43-25-39(88-12)66(90-14)29(6)94-43/h17-21,26-29,36-43,54-58,65-68,72,75-80,85H,15-16,22-25H2,1-14H3. The lowest BCUT2D eigenvalue weighted by Gasteiger charge is -2.59. The number of benzene rings is 2. The summed E-state index contributed by atoms with van der Waals surface area (Å²) >= 11 is 0. The minimum Gasteiger partial charge on any atom is -0.511 e. The number of hydrogen-bond acceptors (Lipinski definition) is 26. The number of allylic oxidation sites excluding steroid dienone is 5. The molecule has 0 spiro atoms. The zero-order valence-corrected chi connectivity index (χ0v) is 57.2. The minimum atomic E-state index is -2.48. The molecule has 2 aromatic carbocycles. The number of fused-ring (bicyclic) bond motifs is 5. The first-order chi connectivity index (χ1) is 46.5. The Hall–Kier alpha value is -6.55. The van der Waals surface area contributed by atoms with Gasteiger partial charge in [0.25, 0.3) is 0 Å². The van der Waals surface area contributed by atoms with Crippen LogP contribution >= 0.6 is 0 Å². The Labute approximate surface area is 566 Å². The molecule has 98 heavy (non-hydrogen) atoms. The van der Waals surface area contributed by atoms with Crippen LogP contribution in [-0.4, -0.2) is 259 Å². The number of phenols is 4. The lowest BCUT2D eigenvalue weighted by molar-refractivity contribution is -0.505. The van der Waals surface area contributed by atoms with Crippen molar-refractivity contribution in [3.05, 3.63) is 108 Å². The molecule has 28 nitrogen and oxygen atoms in total. The maximum Gasteiger partial charge on any atom is 0.201 e. The highest BCUT2D eigenvalue weighted by Crippen LogP contribution is 2.63. The predicted octanol–water partition coefficient (Wildman–Crippen LogP) is 3.21. The zero-order valence-electron chi connectivity index (χ0n) is 57.2. The van der Waals surface area contributed by atoms with Crippen molar-refractivity contribution in [2.24, 2.45) is 11.8 Å². The number of aromatic hydroxyl groups is 4. The highest BCUT2D eigenvalue weighted by Gasteiger charge is 2.72. The van der Waals surface area contributed by atoms with Gasteiger partial charge in [-0.1, -0.05) is 13.8 Å². The van der Waals surface area contributed by atoms with Crippen molar-refractivity contribution in [3.63, 3.8) is 0 Å². The minimum absolute atomic E-state index is 0.109. The monoisotopic (exact) mass is 1370 g/mol. The van der Waals surface area contributed by atoms with Crippen molar-refractivity contribution in [2.45, 2.75) is 208 Å². The molecule has 23 unspecified atom stereocenters. The van der Waals surface area contributed by atoms with E-state index in [2.05, 4.69) is 5.11 Å². The van der Waals surface area contributed by atoms with Gasteiger partial charge in [-0.2, -0.15) is 0 Å². The summed E-state index contributed by atoms with van der Waals surface area (Å²) in [6.45, 7) is 10.1. The number of nitrogens with zero attached hydrogens (tertiary/aromatic N) is 3. The number of Topliss-reactive ketones (excluding diaryl/α,β-unsaturated/α-hetero) is 5. The maximum atomic E-state index is 17.9. The quantitative estimate of drug-likeness (QED) is 0.0784. The van der Waals surface area contributed by atoms with Crippen LogP contribution in [0.3, 0.4) is 0 Å². The molecular weight excluding hydrogens is 1280 g/mol. The summed E-state index contributed by atoms with van der Waals surface area (Å²) < 4.78 is 81.2. The summed E-state index contributed by atoms with van der Waals surface area (Å²) in [5, 5.41) is 87.1. The molecule has 6 aliphatic carbocycles. The maximum absolute atomic E-state index is 17.9. The van der Waals surface area contributed by atoms with Gasteiger partial charge >= 0.3 is 0 Å². The molecule has 28 heteroatoms. The average Bonchev–Trinajstić information content (AvgIpc) is 1.43. The summed E-state index contributed by atoms with van der Waals surface area (Å²) in [5.41, 5.74) is 0.921. The number of carbonyl (C=O) groups is 5. The summed E-state index contributed by atoms with van der Waals surface area (Å²) in [7, 11) is 12.9. The van der Waals surface area contributed by atoms with Crippen LogP contribution in [0.15, 0.2) is 80.7 Å². The number of nitrogens with one attached hydrogen (secondary N) is 1. The van der Waals surface area contributed by atoms with Gasteiger partial charge < -0.3 is 113 Å². The Morgan fingerprint density at radius 1 is 0.531 bits per heavy atom. The van der Waals surface area contributed by atoms with E-state index in [4.69, 9.17) is 56.8 Å². The van der Waals surface area contributed by atoms with E-state index in [0.717, 1.165) is 24.3 Å². The summed E-state index contributed by atoms with van der Waals surface area (Å²) in [6.07, 6.45) is -18.3. The van der Waals surface area contributed by atoms with Crippen molar-refractivity contribution in [1.29, 1.82) is 0 Å². The van der Waals surface area contributed by atoms with Crippen LogP contribution in [0.2, 0.25) is 0 Å². The number of carbonyl (C=O) groups excluding carboxylic acids is 5. The predicted molar refractivity (Wildman–Crippen MR) is 340 cm³/mol. The van der Waals surface area contributed by atoms with E-state index in [1.54, 1.807) is 79.5 Å². The van der Waals surface area contributed by atoms with Crippen molar-refractivity contribution < 1.29 is 122 Å². The van der Waals surface area contributed by atoms with Crippen molar-refractivity contribution in [3.8, 4) is 23.0 Å². The normalized spacial score (nSPS) is 38.7. The van der Waals surface area contributed by atoms with Crippen LogP contribution in [0.4, 0.5) is 0 Å². The number of ketones is 5. The molecule has 0 bridgehead atoms. The summed E-state index contributed by atoms with van der Waals surface area (Å²) in [5.74, 6) is -13.4. The Morgan fingerprint density at radius 3 is 1.37 bits per heavy atom. The number of aliphatic hydroxyl groups excluding tert-OH is 3. The van der Waals surface area contributed by atoms with Crippen LogP contribution in [0.1, 0.15) is 121 Å². The van der Waals surface area contributed by atoms with Gasteiger partial charge in [-0.3, -0.25) is 24.0 Å². The lowest BCUT2D eigenvalue weighted by Crippen LogP contribution is -2.77. The number of aliphatic hydroxyl groups is 3. The molecule has 4 heterocycles. The fourth-order valence-electron chi connectivity index (χ4n) is 17.9. The first kappa shape index (κ1) is 71.3. The first-order valence-electron chi connectivity index (χ1n) is 33.2. The fraction of sp³-hybridized carbons (Fsp3) is 0.614. The second kappa shape index (κ2) is 26.8. The van der Waals surface area contributed by atoms with E-state index in [1.165, 1.54) is 34.5 Å². The Balaban J connectivity index is 1.20.